The van der Waals surface area contributed by atoms with Crippen molar-refractivity contribution in [3.63, 3.8) is 0 Å². The molecule has 5 aromatic carbocycles. The highest BCUT2D eigenvalue weighted by Crippen LogP contribution is 2.37. The molecule has 2 aliphatic rings. The van der Waals surface area contributed by atoms with Gasteiger partial charge in [-0.2, -0.15) is 0 Å². The highest BCUT2D eigenvalue weighted by atomic mass is 28.3. The number of aromatic nitrogens is 1. The molecule has 0 aliphatic carbocycles. The number of hydrogen-bond donors (Lipinski definition) is 0. The van der Waals surface area contributed by atoms with Crippen molar-refractivity contribution in [2.75, 3.05) is 0 Å². The maximum atomic E-state index is 6.07. The summed E-state index contributed by atoms with van der Waals surface area (Å²) in [6.45, 7) is 0. The Hall–Kier alpha value is -4.73. The minimum absolute atomic E-state index is 0.598. The Balaban J connectivity index is 1.35. The van der Waals surface area contributed by atoms with Gasteiger partial charge >= 0.3 is 0 Å². The number of ether oxygens (including phenoxy) is 1. The molecule has 2 aliphatic heterocycles. The van der Waals surface area contributed by atoms with Crippen LogP contribution in [-0.4, -0.2) is 13.1 Å². The summed E-state index contributed by atoms with van der Waals surface area (Å²) >= 11 is 0. The molecule has 6 aromatic rings. The van der Waals surface area contributed by atoms with E-state index in [1.54, 1.807) is 0 Å². The van der Waals surface area contributed by atoms with E-state index < -0.39 is 8.07 Å². The first-order chi connectivity index (χ1) is 18.8. The second-order valence-electron chi connectivity index (χ2n) is 9.94. The van der Waals surface area contributed by atoms with Gasteiger partial charge in [-0.25, -0.2) is 4.98 Å². The molecule has 1 aromatic heterocycles. The predicted octanol–water partition coefficient (Wildman–Crippen LogP) is 5.88. The number of rotatable bonds is 3. The molecule has 8 rings (SSSR count). The van der Waals surface area contributed by atoms with Gasteiger partial charge in [0, 0.05) is 12.3 Å². The Labute approximate surface area is 222 Å². The molecular weight excluding hydrogens is 478 g/mol. The van der Waals surface area contributed by atoms with Gasteiger partial charge in [0.15, 0.2) is 8.07 Å². The lowest BCUT2D eigenvalue weighted by Gasteiger charge is -2.28. The summed E-state index contributed by atoms with van der Waals surface area (Å²) in [4.78, 5) is 4.48. The number of fused-ring (bicyclic) bond motifs is 10. The summed E-state index contributed by atoms with van der Waals surface area (Å²) in [5, 5.41) is 5.95. The minimum atomic E-state index is -2.44. The lowest BCUT2D eigenvalue weighted by atomic mass is 10.0. The first-order valence-electron chi connectivity index (χ1n) is 13.0. The van der Waals surface area contributed by atoms with Crippen molar-refractivity contribution < 1.29 is 4.74 Å². The Morgan fingerprint density at radius 1 is 0.447 bits per heavy atom. The van der Waals surface area contributed by atoms with Crippen LogP contribution < -0.4 is 25.5 Å². The number of benzene rings is 5. The van der Waals surface area contributed by atoms with Crippen LogP contribution in [0.15, 0.2) is 140 Å². The van der Waals surface area contributed by atoms with E-state index in [9.17, 15) is 0 Å². The summed E-state index contributed by atoms with van der Waals surface area (Å²) in [5.41, 5.74) is 7.78. The molecule has 0 amide bonds. The lowest BCUT2D eigenvalue weighted by molar-refractivity contribution is 0.463. The van der Waals surface area contributed by atoms with Gasteiger partial charge in [-0.1, -0.05) is 109 Å². The van der Waals surface area contributed by atoms with Crippen LogP contribution in [0.3, 0.4) is 0 Å². The summed E-state index contributed by atoms with van der Waals surface area (Å²) in [5.74, 6) is 1.38. The molecule has 0 fully saturated rings. The predicted molar refractivity (Wildman–Crippen MR) is 158 cm³/mol. The molecule has 0 radical (unpaired) electrons. The van der Waals surface area contributed by atoms with Crippen molar-refractivity contribution >= 4 is 28.8 Å². The van der Waals surface area contributed by atoms with Gasteiger partial charge in [-0.05, 0) is 72.3 Å². The van der Waals surface area contributed by atoms with Gasteiger partial charge in [-0.3, -0.25) is 0 Å². The molecule has 2 nitrogen and oxygen atoms in total. The van der Waals surface area contributed by atoms with Crippen LogP contribution in [0.5, 0.6) is 11.6 Å². The van der Waals surface area contributed by atoms with Crippen molar-refractivity contribution in [1.29, 1.82) is 0 Å². The third-order valence-electron chi connectivity index (χ3n) is 8.03. The van der Waals surface area contributed by atoms with Crippen LogP contribution >= 0.6 is 0 Å². The van der Waals surface area contributed by atoms with Crippen LogP contribution in [0.25, 0.3) is 33.4 Å². The lowest BCUT2D eigenvalue weighted by Crippen LogP contribution is -2.70. The van der Waals surface area contributed by atoms with Crippen LogP contribution in [-0.2, 0) is 0 Å². The normalized spacial score (nSPS) is 13.5. The molecular formula is C35H23NOSi. The van der Waals surface area contributed by atoms with Crippen molar-refractivity contribution in [1.82, 2.24) is 4.98 Å². The van der Waals surface area contributed by atoms with Gasteiger partial charge in [0.25, 0.3) is 0 Å². The van der Waals surface area contributed by atoms with E-state index in [4.69, 9.17) is 4.74 Å². The van der Waals surface area contributed by atoms with Gasteiger partial charge in [-0.15, -0.1) is 0 Å². The first kappa shape index (κ1) is 21.4. The molecule has 38 heavy (non-hydrogen) atoms. The van der Waals surface area contributed by atoms with Crippen molar-refractivity contribution in [3.8, 4) is 45.0 Å². The van der Waals surface area contributed by atoms with Crippen molar-refractivity contribution in [3.05, 3.63) is 140 Å². The summed E-state index contributed by atoms with van der Waals surface area (Å²) in [6, 6.07) is 48.1. The Morgan fingerprint density at radius 2 is 0.974 bits per heavy atom. The van der Waals surface area contributed by atoms with Gasteiger partial charge < -0.3 is 4.74 Å². The molecule has 0 saturated carbocycles. The van der Waals surface area contributed by atoms with E-state index in [2.05, 4.69) is 102 Å². The molecule has 0 bridgehead atoms. The zero-order chi connectivity index (χ0) is 25.1. The smallest absolute Gasteiger partial charge is 0.219 e. The summed E-state index contributed by atoms with van der Waals surface area (Å²) in [6.07, 6.45) is 1.84. The van der Waals surface area contributed by atoms with Crippen molar-refractivity contribution in [2.24, 2.45) is 0 Å². The van der Waals surface area contributed by atoms with E-state index in [-0.39, 0.29) is 0 Å². The van der Waals surface area contributed by atoms with E-state index >= 15 is 0 Å². The second kappa shape index (κ2) is 8.14. The van der Waals surface area contributed by atoms with Crippen LogP contribution in [0.4, 0.5) is 0 Å². The molecule has 0 atom stereocenters. The maximum absolute atomic E-state index is 6.07. The number of nitrogens with zero attached hydrogens (tertiary/aromatic N) is 1. The molecule has 3 heterocycles. The Kier molecular flexibility index (Phi) is 4.57. The summed E-state index contributed by atoms with van der Waals surface area (Å²) < 4.78 is 6.07. The monoisotopic (exact) mass is 501 g/mol. The van der Waals surface area contributed by atoms with Gasteiger partial charge in [0.05, 0.1) is 0 Å². The molecule has 178 valence electrons. The van der Waals surface area contributed by atoms with Crippen molar-refractivity contribution in [2.45, 2.75) is 0 Å². The minimum Gasteiger partial charge on any atom is -0.439 e. The average molecular weight is 502 g/mol. The fraction of sp³-hybridized carbons (Fsp3) is 0. The molecule has 3 heteroatoms. The van der Waals surface area contributed by atoms with Crippen LogP contribution in [0, 0.1) is 0 Å². The molecule has 0 saturated heterocycles. The van der Waals surface area contributed by atoms with E-state index in [1.807, 2.05) is 42.6 Å². The fourth-order valence-corrected chi connectivity index (χ4v) is 12.2. The van der Waals surface area contributed by atoms with Gasteiger partial charge in [0.2, 0.25) is 5.88 Å². The number of para-hydroxylation sites is 1. The highest BCUT2D eigenvalue weighted by Gasteiger charge is 2.53. The van der Waals surface area contributed by atoms with Gasteiger partial charge in [0.1, 0.15) is 5.75 Å². The number of hydrogen-bond acceptors (Lipinski definition) is 2. The molecule has 1 spiro atoms. The standard InChI is InChI=1S/C35H23NOSi/c1-2-10-26(11-3-1)37-35-23-25(20-21-36-35)24-18-19-30-29-14-6-9-17-33(29)38(34(30)22-24)31-15-7-4-12-27(31)28-13-5-8-16-32(28)38/h1-23H. The van der Waals surface area contributed by atoms with E-state index in [0.717, 1.165) is 11.3 Å². The summed E-state index contributed by atoms with van der Waals surface area (Å²) in [7, 11) is -2.44. The largest absolute Gasteiger partial charge is 0.439 e. The topological polar surface area (TPSA) is 22.1 Å². The Bertz CT molecular complexity index is 1800. The Morgan fingerprint density at radius 3 is 1.61 bits per heavy atom. The average Bonchev–Trinajstić information content (AvgIpc) is 3.45. The SMILES string of the molecule is c1ccc(Oc2cc(-c3ccc4c(c3)[Si]3(c5ccccc5-c5ccccc53)c3ccccc3-4)ccn2)cc1. The van der Waals surface area contributed by atoms with E-state index in [1.165, 1.54) is 48.6 Å². The van der Waals surface area contributed by atoms with Crippen LogP contribution in [0.1, 0.15) is 0 Å². The quantitative estimate of drug-likeness (QED) is 0.282. The zero-order valence-electron chi connectivity index (χ0n) is 20.6. The second-order valence-corrected chi connectivity index (χ2v) is 13.6. The third kappa shape index (κ3) is 2.91. The zero-order valence-corrected chi connectivity index (χ0v) is 21.6. The van der Waals surface area contributed by atoms with Crippen LogP contribution in [0.2, 0.25) is 0 Å². The third-order valence-corrected chi connectivity index (χ3v) is 13.0. The first-order valence-corrected chi connectivity index (χ1v) is 15.0. The fourth-order valence-electron chi connectivity index (χ4n) is 6.53. The number of pyridine rings is 1. The van der Waals surface area contributed by atoms with E-state index in [0.29, 0.717) is 5.88 Å². The maximum Gasteiger partial charge on any atom is 0.219 e. The highest BCUT2D eigenvalue weighted by molar-refractivity contribution is 7.24. The molecule has 0 unspecified atom stereocenters. The molecule has 0 N–H and O–H groups in total.